The lowest BCUT2D eigenvalue weighted by molar-refractivity contribution is -0.137. The topological polar surface area (TPSA) is 34.1 Å². The molecule has 3 nitrogen and oxygen atoms in total. The molecule has 0 bridgehead atoms. The number of anilines is 1. The fraction of sp³-hybridized carbons (Fsp3) is 0.105. The number of hydrogen-bond acceptors (Lipinski definition) is 4. The molecule has 1 heterocycles. The molecule has 9 heteroatoms. The highest BCUT2D eigenvalue weighted by atomic mass is 35.5. The predicted octanol–water partition coefficient (Wildman–Crippen LogP) is 7.57. The Kier molecular flexibility index (Phi) is 6.59. The quantitative estimate of drug-likeness (QED) is 0.482. The van der Waals surface area contributed by atoms with Crippen molar-refractivity contribution >= 4 is 40.8 Å². The first-order valence-electron chi connectivity index (χ1n) is 7.98. The summed E-state index contributed by atoms with van der Waals surface area (Å²) >= 11 is 13.3. The van der Waals surface area contributed by atoms with Crippen molar-refractivity contribution in [2.45, 2.75) is 12.6 Å². The Balaban J connectivity index is 1.60. The predicted molar refractivity (Wildman–Crippen MR) is 108 cm³/mol. The number of halogens is 5. The molecule has 0 spiro atoms. The monoisotopic (exact) mass is 444 g/mol. The van der Waals surface area contributed by atoms with Crippen LogP contribution < -0.4 is 9.46 Å². The number of aromatic nitrogens is 1. The van der Waals surface area contributed by atoms with Crippen molar-refractivity contribution in [3.8, 4) is 11.6 Å². The molecule has 2 aromatic rings. The fourth-order valence-corrected chi connectivity index (χ4v) is 3.19. The summed E-state index contributed by atoms with van der Waals surface area (Å²) in [6, 6.07) is 7.66. The molecule has 1 aromatic carbocycles. The molecule has 146 valence electrons. The zero-order valence-corrected chi connectivity index (χ0v) is 16.5. The third kappa shape index (κ3) is 5.70. The molecule has 3 rings (SSSR count). The summed E-state index contributed by atoms with van der Waals surface area (Å²) in [4.78, 5) is 4.74. The smallest absolute Gasteiger partial charge is 0.417 e. The largest absolute Gasteiger partial charge is 0.438 e. The second-order valence-corrected chi connectivity index (χ2v) is 7.40. The van der Waals surface area contributed by atoms with Crippen molar-refractivity contribution in [1.29, 1.82) is 0 Å². The molecule has 1 aliphatic rings. The summed E-state index contributed by atoms with van der Waals surface area (Å²) in [5, 5.41) is 0.483. The Hall–Kier alpha value is -2.09. The van der Waals surface area contributed by atoms with E-state index in [2.05, 4.69) is 9.71 Å². The van der Waals surface area contributed by atoms with Crippen LogP contribution in [0.4, 0.5) is 18.9 Å². The van der Waals surface area contributed by atoms with Gasteiger partial charge in [-0.15, -0.1) is 0 Å². The van der Waals surface area contributed by atoms with Crippen LogP contribution in [0.1, 0.15) is 12.0 Å². The van der Waals surface area contributed by atoms with Gasteiger partial charge in [0, 0.05) is 21.8 Å². The average Bonchev–Trinajstić information content (AvgIpc) is 2.86. The molecular formula is C19H13Cl2F3N2OS. The van der Waals surface area contributed by atoms with E-state index in [-0.39, 0.29) is 10.9 Å². The molecule has 0 saturated carbocycles. The van der Waals surface area contributed by atoms with Crippen LogP contribution in [0, 0.1) is 0 Å². The van der Waals surface area contributed by atoms with Crippen molar-refractivity contribution in [3.05, 3.63) is 81.4 Å². The number of nitrogens with one attached hydrogen (secondary N) is 1. The first-order chi connectivity index (χ1) is 13.3. The Bertz CT molecular complexity index is 938. The molecule has 1 aliphatic carbocycles. The van der Waals surface area contributed by atoms with Gasteiger partial charge >= 0.3 is 6.18 Å². The maximum atomic E-state index is 12.7. The number of hydrogen-bond donors (Lipinski definition) is 1. The third-order valence-electron chi connectivity index (χ3n) is 3.54. The van der Waals surface area contributed by atoms with E-state index in [0.717, 1.165) is 23.1 Å². The van der Waals surface area contributed by atoms with Crippen LogP contribution in [0.25, 0.3) is 0 Å². The lowest BCUT2D eigenvalue weighted by Gasteiger charge is -2.11. The van der Waals surface area contributed by atoms with Gasteiger partial charge in [-0.2, -0.15) is 13.2 Å². The summed E-state index contributed by atoms with van der Waals surface area (Å²) in [5.74, 6) is 0.305. The Morgan fingerprint density at radius 1 is 1.14 bits per heavy atom. The van der Waals surface area contributed by atoms with Gasteiger partial charge in [-0.25, -0.2) is 4.98 Å². The summed E-state index contributed by atoms with van der Waals surface area (Å²) < 4.78 is 46.6. The molecule has 0 fully saturated rings. The normalized spacial score (nSPS) is 14.2. The number of alkyl halides is 3. The molecule has 28 heavy (non-hydrogen) atoms. The van der Waals surface area contributed by atoms with Crippen LogP contribution in [0.5, 0.6) is 11.6 Å². The van der Waals surface area contributed by atoms with E-state index in [1.807, 2.05) is 24.3 Å². The van der Waals surface area contributed by atoms with Crippen LogP contribution in [0.2, 0.25) is 5.02 Å². The van der Waals surface area contributed by atoms with Gasteiger partial charge in [0.05, 0.1) is 5.56 Å². The molecule has 0 atom stereocenters. The second kappa shape index (κ2) is 8.94. The highest BCUT2D eigenvalue weighted by molar-refractivity contribution is 8.04. The van der Waals surface area contributed by atoms with Gasteiger partial charge in [0.1, 0.15) is 10.8 Å². The minimum atomic E-state index is -4.51. The van der Waals surface area contributed by atoms with Crippen molar-refractivity contribution in [2.75, 3.05) is 4.72 Å². The van der Waals surface area contributed by atoms with E-state index in [0.29, 0.717) is 17.0 Å². The zero-order valence-electron chi connectivity index (χ0n) is 14.1. The average molecular weight is 445 g/mol. The van der Waals surface area contributed by atoms with Crippen molar-refractivity contribution in [2.24, 2.45) is 0 Å². The summed E-state index contributed by atoms with van der Waals surface area (Å²) in [7, 11) is 0. The number of rotatable bonds is 5. The van der Waals surface area contributed by atoms with Crippen LogP contribution in [0.3, 0.4) is 0 Å². The van der Waals surface area contributed by atoms with E-state index < -0.39 is 11.7 Å². The number of benzene rings is 1. The van der Waals surface area contributed by atoms with Gasteiger partial charge in [-0.1, -0.05) is 41.4 Å². The van der Waals surface area contributed by atoms with Crippen LogP contribution >= 0.6 is 35.1 Å². The summed E-state index contributed by atoms with van der Waals surface area (Å²) in [6.07, 6.45) is 4.49. The van der Waals surface area contributed by atoms with Gasteiger partial charge in [-0.3, -0.25) is 0 Å². The Labute approximate surface area is 174 Å². The van der Waals surface area contributed by atoms with Crippen LogP contribution in [-0.4, -0.2) is 4.98 Å². The molecule has 0 aliphatic heterocycles. The van der Waals surface area contributed by atoms with Crippen LogP contribution in [-0.2, 0) is 6.18 Å². The molecule has 1 aromatic heterocycles. The maximum absolute atomic E-state index is 12.7. The highest BCUT2D eigenvalue weighted by Crippen LogP contribution is 2.35. The molecular weight excluding hydrogens is 432 g/mol. The Morgan fingerprint density at radius 3 is 2.57 bits per heavy atom. The highest BCUT2D eigenvalue weighted by Gasteiger charge is 2.31. The van der Waals surface area contributed by atoms with E-state index >= 15 is 0 Å². The number of nitrogens with zero attached hydrogens (tertiary/aromatic N) is 1. The molecule has 0 radical (unpaired) electrons. The van der Waals surface area contributed by atoms with Gasteiger partial charge in [-0.05, 0) is 54.8 Å². The molecule has 0 saturated heterocycles. The third-order valence-corrected chi connectivity index (χ3v) is 4.99. The van der Waals surface area contributed by atoms with E-state index in [4.69, 9.17) is 27.9 Å². The van der Waals surface area contributed by atoms with E-state index in [1.54, 1.807) is 24.3 Å². The first kappa shape index (κ1) is 20.6. The minimum absolute atomic E-state index is 0.0937. The van der Waals surface area contributed by atoms with Gasteiger partial charge in [0.25, 0.3) is 0 Å². The van der Waals surface area contributed by atoms with Gasteiger partial charge in [0.2, 0.25) is 5.88 Å². The molecule has 1 N–H and O–H groups in total. The van der Waals surface area contributed by atoms with Crippen molar-refractivity contribution in [3.63, 3.8) is 0 Å². The van der Waals surface area contributed by atoms with Crippen molar-refractivity contribution in [1.82, 2.24) is 4.98 Å². The fourth-order valence-electron chi connectivity index (χ4n) is 2.14. The number of pyridine rings is 1. The summed E-state index contributed by atoms with van der Waals surface area (Å²) in [6.45, 7) is 0. The lowest BCUT2D eigenvalue weighted by Crippen LogP contribution is -2.05. The second-order valence-electron chi connectivity index (χ2n) is 5.62. The van der Waals surface area contributed by atoms with Crippen LogP contribution in [0.15, 0.2) is 70.8 Å². The molecule has 0 amide bonds. The summed E-state index contributed by atoms with van der Waals surface area (Å²) in [5.41, 5.74) is -0.103. The minimum Gasteiger partial charge on any atom is -0.438 e. The Morgan fingerprint density at radius 2 is 1.89 bits per heavy atom. The standard InChI is InChI=1S/C19H13Cl2F3N2OS/c20-13-2-1-3-16(9-4-13)28-26-14-5-7-15(8-6-14)27-18-17(21)10-12(11-25-18)19(22,23)24/h1-8,10-11,26H,9H2. The first-order valence-corrected chi connectivity index (χ1v) is 9.55. The van der Waals surface area contributed by atoms with Gasteiger partial charge in [0.15, 0.2) is 0 Å². The lowest BCUT2D eigenvalue weighted by atomic mass is 10.3. The van der Waals surface area contributed by atoms with E-state index in [9.17, 15) is 13.2 Å². The van der Waals surface area contributed by atoms with Crippen molar-refractivity contribution < 1.29 is 17.9 Å². The number of allylic oxidation sites excluding steroid dienone is 6. The van der Waals surface area contributed by atoms with Gasteiger partial charge < -0.3 is 9.46 Å². The van der Waals surface area contributed by atoms with E-state index in [1.165, 1.54) is 11.9 Å². The molecule has 0 unspecified atom stereocenters. The maximum Gasteiger partial charge on any atom is 0.417 e. The number of ether oxygens (including phenoxy) is 1. The zero-order chi connectivity index (χ0) is 20.1. The SMILES string of the molecule is FC(F)(F)c1cnc(Oc2ccc(NSC3=CC=CC(Cl)=CC3)cc2)c(Cl)c1.